The lowest BCUT2D eigenvalue weighted by Crippen LogP contribution is -2.39. The second-order valence-electron chi connectivity index (χ2n) is 6.99. The van der Waals surface area contributed by atoms with Gasteiger partial charge in [0.25, 0.3) is 0 Å². The van der Waals surface area contributed by atoms with Crippen molar-refractivity contribution in [2.45, 2.75) is 44.5 Å². The van der Waals surface area contributed by atoms with Crippen LogP contribution in [0.5, 0.6) is 0 Å². The molecule has 2 aromatic rings. The average Bonchev–Trinajstić information content (AvgIpc) is 3.34. The van der Waals surface area contributed by atoms with Crippen LogP contribution in [0.15, 0.2) is 36.5 Å². The van der Waals surface area contributed by atoms with Crippen molar-refractivity contribution < 1.29 is 23.1 Å². The molecule has 146 valence electrons. The molecule has 9 heteroatoms. The Balaban J connectivity index is 1.66. The first-order valence-electron chi connectivity index (χ1n) is 8.61. The largest absolute Gasteiger partial charge is 0.421 e. The van der Waals surface area contributed by atoms with Crippen molar-refractivity contribution in [1.82, 2.24) is 15.1 Å². The third-order valence-electron chi connectivity index (χ3n) is 4.76. The van der Waals surface area contributed by atoms with Crippen LogP contribution in [0.3, 0.4) is 0 Å². The summed E-state index contributed by atoms with van der Waals surface area (Å²) in [6.07, 6.45) is -0.959. The molecule has 1 aromatic carbocycles. The standard InChI is InChI=1S/C18H21F3N4O2/c1-11(12-3-4-12)22-16(26)23-15-9-10-25(24-15)14-7-5-13(6-8-14)17(2,27)18(19,20)21/h5-12,27H,3-4H2,1-2H3,(H2,22,23,24,26). The van der Waals surface area contributed by atoms with Gasteiger partial charge in [-0.05, 0) is 50.3 Å². The van der Waals surface area contributed by atoms with Gasteiger partial charge in [-0.25, -0.2) is 9.48 Å². The number of nitrogens with one attached hydrogen (secondary N) is 2. The van der Waals surface area contributed by atoms with Crippen molar-refractivity contribution in [3.63, 3.8) is 0 Å². The summed E-state index contributed by atoms with van der Waals surface area (Å²) in [5, 5.41) is 19.4. The highest BCUT2D eigenvalue weighted by Gasteiger charge is 2.51. The van der Waals surface area contributed by atoms with Crippen molar-refractivity contribution in [1.29, 1.82) is 0 Å². The van der Waals surface area contributed by atoms with E-state index in [9.17, 15) is 23.1 Å². The van der Waals surface area contributed by atoms with Gasteiger partial charge in [0.05, 0.1) is 5.69 Å². The molecular weight excluding hydrogens is 361 g/mol. The van der Waals surface area contributed by atoms with E-state index in [4.69, 9.17) is 0 Å². The lowest BCUT2D eigenvalue weighted by Gasteiger charge is -2.26. The van der Waals surface area contributed by atoms with Gasteiger partial charge in [0.2, 0.25) is 0 Å². The number of alkyl halides is 3. The summed E-state index contributed by atoms with van der Waals surface area (Å²) in [5.41, 5.74) is -2.70. The van der Waals surface area contributed by atoms with Gasteiger partial charge in [0.15, 0.2) is 11.4 Å². The maximum Gasteiger partial charge on any atom is 0.421 e. The lowest BCUT2D eigenvalue weighted by molar-refractivity contribution is -0.258. The summed E-state index contributed by atoms with van der Waals surface area (Å²) in [4.78, 5) is 11.9. The van der Waals surface area contributed by atoms with Crippen LogP contribution in [0.4, 0.5) is 23.8 Å². The van der Waals surface area contributed by atoms with Crippen LogP contribution in [0, 0.1) is 5.92 Å². The predicted molar refractivity (Wildman–Crippen MR) is 93.5 cm³/mol. The maximum absolute atomic E-state index is 12.9. The third-order valence-corrected chi connectivity index (χ3v) is 4.76. The minimum absolute atomic E-state index is 0.0982. The second kappa shape index (κ2) is 6.88. The smallest absolute Gasteiger partial charge is 0.376 e. The van der Waals surface area contributed by atoms with E-state index < -0.39 is 11.8 Å². The van der Waals surface area contributed by atoms with E-state index in [2.05, 4.69) is 15.7 Å². The molecule has 2 unspecified atom stereocenters. The first-order valence-corrected chi connectivity index (χ1v) is 8.61. The zero-order valence-electron chi connectivity index (χ0n) is 14.9. The van der Waals surface area contributed by atoms with E-state index in [1.807, 2.05) is 6.92 Å². The fraction of sp³-hybridized carbons (Fsp3) is 0.444. The second-order valence-corrected chi connectivity index (χ2v) is 6.99. The molecule has 0 spiro atoms. The Kier molecular flexibility index (Phi) is 4.90. The molecule has 1 aromatic heterocycles. The molecule has 1 aliphatic rings. The number of hydrogen-bond acceptors (Lipinski definition) is 3. The highest BCUT2D eigenvalue weighted by molar-refractivity contribution is 5.88. The molecule has 1 fully saturated rings. The van der Waals surface area contributed by atoms with Crippen molar-refractivity contribution in [2.75, 3.05) is 5.32 Å². The number of nitrogens with zero attached hydrogens (tertiary/aromatic N) is 2. The summed E-state index contributed by atoms with van der Waals surface area (Å²) >= 11 is 0. The van der Waals surface area contributed by atoms with Gasteiger partial charge in [0, 0.05) is 18.3 Å². The molecule has 6 nitrogen and oxygen atoms in total. The molecule has 1 saturated carbocycles. The fourth-order valence-electron chi connectivity index (χ4n) is 2.71. The molecule has 0 bridgehead atoms. The normalized spacial score (nSPS) is 17.9. The Morgan fingerprint density at radius 1 is 1.26 bits per heavy atom. The number of aromatic nitrogens is 2. The number of halogens is 3. The first-order chi connectivity index (χ1) is 12.6. The zero-order chi connectivity index (χ0) is 19.8. The van der Waals surface area contributed by atoms with Gasteiger partial charge in [-0.1, -0.05) is 12.1 Å². The molecule has 1 aliphatic carbocycles. The van der Waals surface area contributed by atoms with Crippen LogP contribution < -0.4 is 10.6 Å². The Hall–Kier alpha value is -2.55. The van der Waals surface area contributed by atoms with E-state index in [1.54, 1.807) is 12.3 Å². The van der Waals surface area contributed by atoms with Crippen LogP contribution in [-0.4, -0.2) is 33.1 Å². The quantitative estimate of drug-likeness (QED) is 0.740. The van der Waals surface area contributed by atoms with Crippen LogP contribution in [0.1, 0.15) is 32.3 Å². The van der Waals surface area contributed by atoms with Crippen LogP contribution in [-0.2, 0) is 5.60 Å². The Labute approximate surface area is 154 Å². The molecule has 3 rings (SSSR count). The zero-order valence-corrected chi connectivity index (χ0v) is 14.9. The fourth-order valence-corrected chi connectivity index (χ4v) is 2.71. The van der Waals surface area contributed by atoms with Gasteiger partial charge < -0.3 is 10.4 Å². The van der Waals surface area contributed by atoms with E-state index in [0.717, 1.165) is 12.8 Å². The number of carbonyl (C=O) groups is 1. The number of carbonyl (C=O) groups excluding carboxylic acids is 1. The van der Waals surface area contributed by atoms with Gasteiger partial charge in [-0.3, -0.25) is 5.32 Å². The van der Waals surface area contributed by atoms with Gasteiger partial charge >= 0.3 is 12.2 Å². The van der Waals surface area contributed by atoms with Crippen LogP contribution in [0.25, 0.3) is 5.69 Å². The number of benzene rings is 1. The van der Waals surface area contributed by atoms with Crippen molar-refractivity contribution in [2.24, 2.45) is 5.92 Å². The number of anilines is 1. The minimum atomic E-state index is -4.78. The highest BCUT2D eigenvalue weighted by atomic mass is 19.4. The van der Waals surface area contributed by atoms with Crippen molar-refractivity contribution in [3.8, 4) is 5.69 Å². The van der Waals surface area contributed by atoms with Crippen molar-refractivity contribution in [3.05, 3.63) is 42.1 Å². The summed E-state index contributed by atoms with van der Waals surface area (Å²) in [7, 11) is 0. The summed E-state index contributed by atoms with van der Waals surface area (Å²) < 4.78 is 40.1. The van der Waals surface area contributed by atoms with E-state index in [-0.39, 0.29) is 17.6 Å². The summed E-state index contributed by atoms with van der Waals surface area (Å²) in [6.45, 7) is 2.66. The molecule has 1 heterocycles. The summed E-state index contributed by atoms with van der Waals surface area (Å²) in [6, 6.07) is 6.56. The number of amides is 2. The van der Waals surface area contributed by atoms with E-state index >= 15 is 0 Å². The Bertz CT molecular complexity index is 811. The van der Waals surface area contributed by atoms with E-state index in [0.29, 0.717) is 24.3 Å². The van der Waals surface area contributed by atoms with Crippen LogP contribution in [0.2, 0.25) is 0 Å². The predicted octanol–water partition coefficient (Wildman–Crippen LogP) is 3.56. The molecule has 3 N–H and O–H groups in total. The highest BCUT2D eigenvalue weighted by Crippen LogP contribution is 2.38. The van der Waals surface area contributed by atoms with Gasteiger partial charge in [-0.15, -0.1) is 5.10 Å². The average molecular weight is 382 g/mol. The molecule has 0 aliphatic heterocycles. The van der Waals surface area contributed by atoms with Gasteiger partial charge in [0.1, 0.15) is 0 Å². The molecule has 2 amide bonds. The van der Waals surface area contributed by atoms with Gasteiger partial charge in [-0.2, -0.15) is 13.2 Å². The first kappa shape index (κ1) is 19.2. The van der Waals surface area contributed by atoms with E-state index in [1.165, 1.54) is 28.9 Å². The Morgan fingerprint density at radius 2 is 1.89 bits per heavy atom. The minimum Gasteiger partial charge on any atom is -0.376 e. The maximum atomic E-state index is 12.9. The lowest BCUT2D eigenvalue weighted by atomic mass is 9.95. The number of rotatable bonds is 5. The number of urea groups is 1. The molecule has 27 heavy (non-hydrogen) atoms. The number of aliphatic hydroxyl groups is 1. The molecule has 0 radical (unpaired) electrons. The van der Waals surface area contributed by atoms with Crippen molar-refractivity contribution >= 4 is 11.8 Å². The number of hydrogen-bond donors (Lipinski definition) is 3. The summed E-state index contributed by atoms with van der Waals surface area (Å²) in [5.74, 6) is 0.850. The molecular formula is C18H21F3N4O2. The molecule has 0 saturated heterocycles. The van der Waals surface area contributed by atoms with Crippen LogP contribution >= 0.6 is 0 Å². The SMILES string of the molecule is CC(NC(=O)Nc1ccn(-c2ccc(C(C)(O)C(F)(F)F)cc2)n1)C1CC1. The Morgan fingerprint density at radius 3 is 2.44 bits per heavy atom. The monoisotopic (exact) mass is 382 g/mol. The third kappa shape index (κ3) is 4.24. The molecule has 2 atom stereocenters. The topological polar surface area (TPSA) is 79.2 Å².